The Morgan fingerprint density at radius 2 is 2.15 bits per heavy atom. The van der Waals surface area contributed by atoms with Crippen LogP contribution in [0.15, 0.2) is 40.9 Å². The number of nitrogens with zero attached hydrogens (tertiary/aromatic N) is 1. The average molecular weight is 290 g/mol. The Balaban J connectivity index is 1.85. The molecule has 2 aliphatic heterocycles. The molecule has 0 aromatic heterocycles. The molecule has 0 radical (unpaired) electrons. The third-order valence-corrected chi connectivity index (χ3v) is 4.88. The number of carboxylic acid groups (broad SMARTS) is 1. The van der Waals surface area contributed by atoms with Gasteiger partial charge in [0.1, 0.15) is 5.70 Å². The summed E-state index contributed by atoms with van der Waals surface area (Å²) in [6.45, 7) is 0. The van der Waals surface area contributed by atoms with Crippen LogP contribution in [0.1, 0.15) is 12.0 Å². The highest BCUT2D eigenvalue weighted by Gasteiger charge is 2.49. The number of rotatable bonds is 4. The minimum Gasteiger partial charge on any atom is -0.477 e. The lowest BCUT2D eigenvalue weighted by Gasteiger charge is -2.33. The molecular formula is C14H14N2O3S. The lowest BCUT2D eigenvalue weighted by molar-refractivity contribution is -0.145. The third kappa shape index (κ3) is 2.10. The predicted molar refractivity (Wildman–Crippen MR) is 75.6 cm³/mol. The molecule has 0 spiro atoms. The van der Waals surface area contributed by atoms with Crippen LogP contribution in [0.2, 0.25) is 0 Å². The molecule has 104 valence electrons. The van der Waals surface area contributed by atoms with Gasteiger partial charge in [-0.25, -0.2) is 4.79 Å². The van der Waals surface area contributed by atoms with Gasteiger partial charge >= 0.3 is 5.97 Å². The van der Waals surface area contributed by atoms with E-state index < -0.39 is 12.0 Å². The maximum atomic E-state index is 11.5. The van der Waals surface area contributed by atoms with Crippen molar-refractivity contribution in [1.82, 2.24) is 4.90 Å². The van der Waals surface area contributed by atoms with Crippen molar-refractivity contribution in [2.24, 2.45) is 5.73 Å². The van der Waals surface area contributed by atoms with Gasteiger partial charge in [0.25, 0.3) is 0 Å². The van der Waals surface area contributed by atoms with Crippen LogP contribution in [0, 0.1) is 0 Å². The predicted octanol–water partition coefficient (Wildman–Crippen LogP) is 1.16. The fourth-order valence-electron chi connectivity index (χ4n) is 2.50. The van der Waals surface area contributed by atoms with Crippen molar-refractivity contribution in [2.75, 3.05) is 0 Å². The summed E-state index contributed by atoms with van der Waals surface area (Å²) in [5.74, 6) is -1.21. The van der Waals surface area contributed by atoms with Gasteiger partial charge in [-0.05, 0) is 12.0 Å². The Hall–Kier alpha value is -1.79. The SMILES string of the molecule is NC(Cc1ccccc1)C1=C(C(=O)O)N2C(=O)C[C@H]2S1. The molecular weight excluding hydrogens is 276 g/mol. The lowest BCUT2D eigenvalue weighted by atomic mass is 10.0. The van der Waals surface area contributed by atoms with Crippen LogP contribution in [0.25, 0.3) is 0 Å². The van der Waals surface area contributed by atoms with E-state index in [9.17, 15) is 14.7 Å². The molecule has 0 aliphatic carbocycles. The molecule has 3 N–H and O–H groups in total. The molecule has 0 saturated carbocycles. The van der Waals surface area contributed by atoms with Crippen LogP contribution in [0.3, 0.4) is 0 Å². The monoisotopic (exact) mass is 290 g/mol. The zero-order chi connectivity index (χ0) is 14.3. The van der Waals surface area contributed by atoms with E-state index in [1.807, 2.05) is 30.3 Å². The number of amides is 1. The molecule has 5 nitrogen and oxygen atoms in total. The number of benzene rings is 1. The van der Waals surface area contributed by atoms with Crippen molar-refractivity contribution in [3.05, 3.63) is 46.5 Å². The Morgan fingerprint density at radius 1 is 1.45 bits per heavy atom. The van der Waals surface area contributed by atoms with Gasteiger partial charge < -0.3 is 10.8 Å². The molecule has 2 aliphatic rings. The second-order valence-electron chi connectivity index (χ2n) is 4.85. The Labute approximate surface area is 120 Å². The van der Waals surface area contributed by atoms with E-state index >= 15 is 0 Å². The topological polar surface area (TPSA) is 83.6 Å². The van der Waals surface area contributed by atoms with Crippen molar-refractivity contribution in [1.29, 1.82) is 0 Å². The van der Waals surface area contributed by atoms with Crippen molar-refractivity contribution >= 4 is 23.6 Å². The summed E-state index contributed by atoms with van der Waals surface area (Å²) in [5, 5.41) is 9.24. The first kappa shape index (κ1) is 13.2. The number of carbonyl (C=O) groups is 2. The van der Waals surface area contributed by atoms with Crippen LogP contribution in [0.5, 0.6) is 0 Å². The van der Waals surface area contributed by atoms with E-state index in [0.717, 1.165) is 5.56 Å². The summed E-state index contributed by atoms with van der Waals surface area (Å²) in [6.07, 6.45) is 0.956. The molecule has 1 fully saturated rings. The minimum atomic E-state index is -1.08. The molecule has 2 heterocycles. The molecule has 1 saturated heterocycles. The number of aliphatic carboxylic acids is 1. The number of nitrogens with two attached hydrogens (primary N) is 1. The van der Waals surface area contributed by atoms with Crippen LogP contribution in [-0.2, 0) is 16.0 Å². The molecule has 6 heteroatoms. The Bertz CT molecular complexity index is 600. The van der Waals surface area contributed by atoms with Crippen molar-refractivity contribution in [3.63, 3.8) is 0 Å². The molecule has 1 unspecified atom stereocenters. The summed E-state index contributed by atoms with van der Waals surface area (Å²) in [5.41, 5.74) is 7.28. The fraction of sp³-hybridized carbons (Fsp3) is 0.286. The second kappa shape index (κ2) is 4.96. The van der Waals surface area contributed by atoms with Gasteiger partial charge in [-0.15, -0.1) is 11.8 Å². The number of thioether (sulfide) groups is 1. The number of hydrogen-bond acceptors (Lipinski definition) is 4. The van der Waals surface area contributed by atoms with E-state index in [-0.39, 0.29) is 17.0 Å². The number of carboxylic acids is 1. The largest absolute Gasteiger partial charge is 0.477 e. The van der Waals surface area contributed by atoms with E-state index in [0.29, 0.717) is 17.7 Å². The molecule has 1 amide bonds. The lowest BCUT2D eigenvalue weighted by Crippen LogP contribution is -2.48. The fourth-order valence-corrected chi connectivity index (χ4v) is 3.91. The first-order chi connectivity index (χ1) is 9.58. The smallest absolute Gasteiger partial charge is 0.353 e. The summed E-state index contributed by atoms with van der Waals surface area (Å²) >= 11 is 1.41. The quantitative estimate of drug-likeness (QED) is 0.813. The van der Waals surface area contributed by atoms with Crippen LogP contribution < -0.4 is 5.73 Å². The molecule has 2 atom stereocenters. The number of fused-ring (bicyclic) bond motifs is 1. The summed E-state index contributed by atoms with van der Waals surface area (Å²) in [7, 11) is 0. The second-order valence-corrected chi connectivity index (χ2v) is 6.07. The highest BCUT2D eigenvalue weighted by atomic mass is 32.2. The highest BCUT2D eigenvalue weighted by Crippen LogP contribution is 2.47. The standard InChI is InChI=1S/C14H14N2O3S/c15-9(6-8-4-2-1-3-5-8)13-12(14(18)19)16-10(17)7-11(16)20-13/h1-5,9,11H,6-7,15H2,(H,18,19)/t9?,11-/m1/s1. The number of carbonyl (C=O) groups excluding carboxylic acids is 1. The normalized spacial score (nSPS) is 22.6. The zero-order valence-electron chi connectivity index (χ0n) is 10.7. The first-order valence-electron chi connectivity index (χ1n) is 6.33. The molecule has 1 aromatic rings. The van der Waals surface area contributed by atoms with Gasteiger partial charge in [-0.3, -0.25) is 9.69 Å². The highest BCUT2D eigenvalue weighted by molar-refractivity contribution is 8.04. The third-order valence-electron chi connectivity index (χ3n) is 3.48. The van der Waals surface area contributed by atoms with E-state index in [1.54, 1.807) is 0 Å². The van der Waals surface area contributed by atoms with E-state index in [2.05, 4.69) is 0 Å². The summed E-state index contributed by atoms with van der Waals surface area (Å²) in [4.78, 5) is 24.9. The van der Waals surface area contributed by atoms with Gasteiger partial charge in [0.05, 0.1) is 11.8 Å². The average Bonchev–Trinajstić information content (AvgIpc) is 2.73. The van der Waals surface area contributed by atoms with Gasteiger partial charge in [-0.1, -0.05) is 30.3 Å². The van der Waals surface area contributed by atoms with Crippen molar-refractivity contribution in [3.8, 4) is 0 Å². The molecule has 3 rings (SSSR count). The van der Waals surface area contributed by atoms with Crippen molar-refractivity contribution in [2.45, 2.75) is 24.3 Å². The van der Waals surface area contributed by atoms with Gasteiger partial charge in [0, 0.05) is 10.9 Å². The summed E-state index contributed by atoms with van der Waals surface area (Å²) in [6, 6.07) is 9.29. The van der Waals surface area contributed by atoms with Gasteiger partial charge in [0.2, 0.25) is 5.91 Å². The molecule has 1 aromatic carbocycles. The van der Waals surface area contributed by atoms with Crippen LogP contribution in [-0.4, -0.2) is 33.3 Å². The van der Waals surface area contributed by atoms with Gasteiger partial charge in [-0.2, -0.15) is 0 Å². The van der Waals surface area contributed by atoms with Gasteiger partial charge in [0.15, 0.2) is 0 Å². The summed E-state index contributed by atoms with van der Waals surface area (Å²) < 4.78 is 0. The first-order valence-corrected chi connectivity index (χ1v) is 7.21. The number of β-lactam (4-membered cyclic amide) rings is 1. The Morgan fingerprint density at radius 3 is 2.75 bits per heavy atom. The zero-order valence-corrected chi connectivity index (χ0v) is 11.5. The molecule has 20 heavy (non-hydrogen) atoms. The number of hydrogen-bond donors (Lipinski definition) is 2. The maximum absolute atomic E-state index is 11.5. The van der Waals surface area contributed by atoms with E-state index in [1.165, 1.54) is 16.7 Å². The molecule has 0 bridgehead atoms. The minimum absolute atomic E-state index is 0.0691. The van der Waals surface area contributed by atoms with Crippen LogP contribution >= 0.6 is 11.8 Å². The maximum Gasteiger partial charge on any atom is 0.353 e. The van der Waals surface area contributed by atoms with Crippen LogP contribution in [0.4, 0.5) is 0 Å². The Kier molecular flexibility index (Phi) is 3.27. The van der Waals surface area contributed by atoms with E-state index in [4.69, 9.17) is 5.73 Å². The van der Waals surface area contributed by atoms with Crippen molar-refractivity contribution < 1.29 is 14.7 Å².